The highest BCUT2D eigenvalue weighted by molar-refractivity contribution is 6.03. The van der Waals surface area contributed by atoms with Crippen LogP contribution in [0.2, 0.25) is 0 Å². The number of aryl methyl sites for hydroxylation is 2. The fraction of sp³-hybridized carbons (Fsp3) is 0.150. The van der Waals surface area contributed by atoms with Crippen LogP contribution in [0.1, 0.15) is 27.3 Å². The van der Waals surface area contributed by atoms with E-state index in [9.17, 15) is 9.18 Å². The minimum absolute atomic E-state index is 0.217. The maximum Gasteiger partial charge on any atom is 0.274 e. The molecule has 3 rings (SSSR count). The van der Waals surface area contributed by atoms with E-state index in [-0.39, 0.29) is 5.69 Å². The van der Waals surface area contributed by atoms with Crippen LogP contribution in [0.3, 0.4) is 0 Å². The topological polar surface area (TPSA) is 66.9 Å². The molecule has 0 aliphatic heterocycles. The zero-order chi connectivity index (χ0) is 18.5. The molecule has 5 nitrogen and oxygen atoms in total. The first-order valence-corrected chi connectivity index (χ1v) is 8.22. The number of amides is 1. The van der Waals surface area contributed by atoms with Crippen molar-refractivity contribution in [2.75, 3.05) is 10.6 Å². The van der Waals surface area contributed by atoms with E-state index in [0.717, 1.165) is 11.1 Å². The van der Waals surface area contributed by atoms with E-state index in [1.54, 1.807) is 19.1 Å². The number of carbonyl (C=O) groups is 1. The molecule has 0 saturated heterocycles. The van der Waals surface area contributed by atoms with Crippen molar-refractivity contribution < 1.29 is 9.18 Å². The summed E-state index contributed by atoms with van der Waals surface area (Å²) < 4.78 is 13.3. The molecule has 0 atom stereocenters. The summed E-state index contributed by atoms with van der Waals surface area (Å²) >= 11 is 0. The second-order valence-corrected chi connectivity index (χ2v) is 5.96. The number of hydrogen-bond donors (Lipinski definition) is 2. The first-order chi connectivity index (χ1) is 12.5. The maximum absolute atomic E-state index is 13.3. The van der Waals surface area contributed by atoms with Crippen LogP contribution in [0.4, 0.5) is 16.0 Å². The average Bonchev–Trinajstić information content (AvgIpc) is 2.60. The Labute approximate surface area is 151 Å². The Morgan fingerprint density at radius 2 is 1.85 bits per heavy atom. The monoisotopic (exact) mass is 350 g/mol. The summed E-state index contributed by atoms with van der Waals surface area (Å²) in [5.74, 6) is -0.458. The Hall–Kier alpha value is -3.28. The van der Waals surface area contributed by atoms with Gasteiger partial charge in [0.1, 0.15) is 11.5 Å². The van der Waals surface area contributed by atoms with E-state index in [4.69, 9.17) is 0 Å². The van der Waals surface area contributed by atoms with Gasteiger partial charge in [-0.05, 0) is 49.2 Å². The fourth-order valence-electron chi connectivity index (χ4n) is 2.51. The average molecular weight is 350 g/mol. The Morgan fingerprint density at radius 3 is 2.62 bits per heavy atom. The van der Waals surface area contributed by atoms with Crippen molar-refractivity contribution in [3.05, 3.63) is 82.9 Å². The minimum atomic E-state index is -0.417. The summed E-state index contributed by atoms with van der Waals surface area (Å²) in [4.78, 5) is 21.0. The number of rotatable bonds is 5. The number of aromatic nitrogens is 2. The number of carbonyl (C=O) groups excluding carboxylic acids is 1. The van der Waals surface area contributed by atoms with Gasteiger partial charge in [0.05, 0.1) is 0 Å². The van der Waals surface area contributed by atoms with Gasteiger partial charge in [0.2, 0.25) is 5.95 Å². The van der Waals surface area contributed by atoms with Crippen molar-refractivity contribution in [3.8, 4) is 0 Å². The van der Waals surface area contributed by atoms with Crippen LogP contribution < -0.4 is 10.6 Å². The molecule has 2 aromatic carbocycles. The molecule has 0 aliphatic carbocycles. The molecule has 1 heterocycles. The lowest BCUT2D eigenvalue weighted by Crippen LogP contribution is -2.16. The standard InChI is InChI=1S/C20H19FN4O/c1-13-6-3-4-7-15(13)12-22-20-23-14(2)10-18(25-20)19(26)24-17-9-5-8-16(21)11-17/h3-11H,12H2,1-2H3,(H,24,26)(H,22,23,25). The second-order valence-electron chi connectivity index (χ2n) is 5.96. The van der Waals surface area contributed by atoms with Crippen molar-refractivity contribution in [2.45, 2.75) is 20.4 Å². The predicted octanol–water partition coefficient (Wildman–Crippen LogP) is 4.10. The molecular formula is C20H19FN4O. The van der Waals surface area contributed by atoms with Gasteiger partial charge in [0.15, 0.2) is 0 Å². The van der Waals surface area contributed by atoms with Gasteiger partial charge in [-0.25, -0.2) is 14.4 Å². The normalized spacial score (nSPS) is 10.4. The summed E-state index contributed by atoms with van der Waals surface area (Å²) in [6.45, 7) is 4.38. The van der Waals surface area contributed by atoms with Crippen LogP contribution in [0.15, 0.2) is 54.6 Å². The number of benzene rings is 2. The van der Waals surface area contributed by atoms with E-state index in [1.165, 1.54) is 18.2 Å². The van der Waals surface area contributed by atoms with Crippen LogP contribution in [0, 0.1) is 19.7 Å². The van der Waals surface area contributed by atoms with Crippen LogP contribution in [-0.2, 0) is 6.54 Å². The molecule has 0 unspecified atom stereocenters. The summed E-state index contributed by atoms with van der Waals surface area (Å²) in [7, 11) is 0. The lowest BCUT2D eigenvalue weighted by Gasteiger charge is -2.10. The number of anilines is 2. The van der Waals surface area contributed by atoms with E-state index < -0.39 is 11.7 Å². The highest BCUT2D eigenvalue weighted by atomic mass is 19.1. The Kier molecular flexibility index (Phi) is 5.22. The number of hydrogen-bond acceptors (Lipinski definition) is 4. The van der Waals surface area contributed by atoms with Gasteiger partial charge in [0, 0.05) is 17.9 Å². The van der Waals surface area contributed by atoms with Gasteiger partial charge in [-0.3, -0.25) is 4.79 Å². The lowest BCUT2D eigenvalue weighted by molar-refractivity contribution is 0.102. The van der Waals surface area contributed by atoms with Gasteiger partial charge in [-0.15, -0.1) is 0 Å². The zero-order valence-corrected chi connectivity index (χ0v) is 14.6. The van der Waals surface area contributed by atoms with Crippen molar-refractivity contribution in [1.82, 2.24) is 9.97 Å². The largest absolute Gasteiger partial charge is 0.350 e. The summed E-state index contributed by atoms with van der Waals surface area (Å²) in [5.41, 5.74) is 3.55. The van der Waals surface area contributed by atoms with E-state index in [0.29, 0.717) is 23.9 Å². The molecule has 6 heteroatoms. The zero-order valence-electron chi connectivity index (χ0n) is 14.6. The molecule has 0 bridgehead atoms. The summed E-state index contributed by atoms with van der Waals surface area (Å²) in [6.07, 6.45) is 0. The van der Waals surface area contributed by atoms with Crippen LogP contribution in [-0.4, -0.2) is 15.9 Å². The SMILES string of the molecule is Cc1cc(C(=O)Nc2cccc(F)c2)nc(NCc2ccccc2C)n1. The molecule has 26 heavy (non-hydrogen) atoms. The molecule has 2 N–H and O–H groups in total. The van der Waals surface area contributed by atoms with E-state index in [1.807, 2.05) is 31.2 Å². The highest BCUT2D eigenvalue weighted by Gasteiger charge is 2.11. The predicted molar refractivity (Wildman–Crippen MR) is 99.6 cm³/mol. The first kappa shape index (κ1) is 17.5. The number of nitrogens with zero attached hydrogens (tertiary/aromatic N) is 2. The van der Waals surface area contributed by atoms with Crippen molar-refractivity contribution in [3.63, 3.8) is 0 Å². The Balaban J connectivity index is 1.74. The number of nitrogens with one attached hydrogen (secondary N) is 2. The van der Waals surface area contributed by atoms with Gasteiger partial charge in [0.25, 0.3) is 5.91 Å². The lowest BCUT2D eigenvalue weighted by atomic mass is 10.1. The molecule has 132 valence electrons. The molecule has 1 amide bonds. The molecule has 3 aromatic rings. The van der Waals surface area contributed by atoms with Crippen LogP contribution in [0.5, 0.6) is 0 Å². The van der Waals surface area contributed by atoms with Gasteiger partial charge in [-0.2, -0.15) is 0 Å². The van der Waals surface area contributed by atoms with E-state index >= 15 is 0 Å². The molecular weight excluding hydrogens is 331 g/mol. The third kappa shape index (κ3) is 4.42. The maximum atomic E-state index is 13.3. The summed E-state index contributed by atoms with van der Waals surface area (Å²) in [5, 5.41) is 5.79. The second kappa shape index (κ2) is 7.74. The van der Waals surface area contributed by atoms with Crippen molar-refractivity contribution >= 4 is 17.5 Å². The van der Waals surface area contributed by atoms with Gasteiger partial charge < -0.3 is 10.6 Å². The summed E-state index contributed by atoms with van der Waals surface area (Å²) in [6, 6.07) is 15.3. The van der Waals surface area contributed by atoms with Crippen LogP contribution >= 0.6 is 0 Å². The first-order valence-electron chi connectivity index (χ1n) is 8.22. The Morgan fingerprint density at radius 1 is 1.04 bits per heavy atom. The minimum Gasteiger partial charge on any atom is -0.350 e. The quantitative estimate of drug-likeness (QED) is 0.727. The van der Waals surface area contributed by atoms with Gasteiger partial charge in [-0.1, -0.05) is 30.3 Å². The molecule has 1 aromatic heterocycles. The third-order valence-electron chi connectivity index (χ3n) is 3.87. The highest BCUT2D eigenvalue weighted by Crippen LogP contribution is 2.13. The fourth-order valence-corrected chi connectivity index (χ4v) is 2.51. The van der Waals surface area contributed by atoms with Crippen molar-refractivity contribution in [2.24, 2.45) is 0 Å². The van der Waals surface area contributed by atoms with E-state index in [2.05, 4.69) is 20.6 Å². The molecule has 0 radical (unpaired) electrons. The number of halogens is 1. The Bertz CT molecular complexity index is 943. The third-order valence-corrected chi connectivity index (χ3v) is 3.87. The smallest absolute Gasteiger partial charge is 0.274 e. The molecule has 0 spiro atoms. The molecule has 0 saturated carbocycles. The van der Waals surface area contributed by atoms with Crippen LogP contribution in [0.25, 0.3) is 0 Å². The molecule has 0 aliphatic rings. The van der Waals surface area contributed by atoms with Gasteiger partial charge >= 0.3 is 0 Å². The molecule has 0 fully saturated rings. The van der Waals surface area contributed by atoms with Crippen molar-refractivity contribution in [1.29, 1.82) is 0 Å².